The van der Waals surface area contributed by atoms with E-state index in [1.807, 2.05) is 0 Å². The lowest BCUT2D eigenvalue weighted by atomic mass is 10.1. The maximum atomic E-state index is 13.4. The highest BCUT2D eigenvalue weighted by atomic mass is 35.5. The molecule has 0 aliphatic heterocycles. The summed E-state index contributed by atoms with van der Waals surface area (Å²) in [4.78, 5) is 0. The molecule has 0 spiro atoms. The first-order chi connectivity index (χ1) is 10.0. The highest BCUT2D eigenvalue weighted by Crippen LogP contribution is 2.22. The second kappa shape index (κ2) is 6.41. The van der Waals surface area contributed by atoms with Gasteiger partial charge in [-0.15, -0.1) is 0 Å². The first kappa shape index (κ1) is 15.1. The summed E-state index contributed by atoms with van der Waals surface area (Å²) in [6.45, 7) is -0.00214. The average Bonchev–Trinajstić information content (AvgIpc) is 2.46. The second-order valence-corrected chi connectivity index (χ2v) is 4.56. The van der Waals surface area contributed by atoms with Gasteiger partial charge in [0.2, 0.25) is 0 Å². The van der Waals surface area contributed by atoms with Crippen LogP contribution in [0.5, 0.6) is 5.75 Å². The molecular formula is C14H11ClF2N2O2. The van der Waals surface area contributed by atoms with E-state index in [0.717, 1.165) is 12.1 Å². The maximum Gasteiger partial charge on any atom is 0.170 e. The second-order valence-electron chi connectivity index (χ2n) is 4.15. The molecule has 0 bridgehead atoms. The molecule has 0 heterocycles. The number of hydrogen-bond acceptors (Lipinski definition) is 3. The molecule has 0 unspecified atom stereocenters. The zero-order valence-electron chi connectivity index (χ0n) is 10.7. The lowest BCUT2D eigenvalue weighted by Crippen LogP contribution is -2.13. The summed E-state index contributed by atoms with van der Waals surface area (Å²) in [5.74, 6) is -1.62. The smallest absolute Gasteiger partial charge is 0.170 e. The number of nitrogens with zero attached hydrogens (tertiary/aromatic N) is 1. The van der Waals surface area contributed by atoms with Crippen LogP contribution in [0, 0.1) is 11.6 Å². The van der Waals surface area contributed by atoms with Gasteiger partial charge < -0.3 is 15.7 Å². The Morgan fingerprint density at radius 2 is 2.00 bits per heavy atom. The molecule has 0 aromatic heterocycles. The van der Waals surface area contributed by atoms with E-state index in [4.69, 9.17) is 27.3 Å². The molecule has 2 rings (SSSR count). The van der Waals surface area contributed by atoms with Crippen LogP contribution in [0.25, 0.3) is 0 Å². The molecule has 3 N–H and O–H groups in total. The fraction of sp³-hybridized carbons (Fsp3) is 0.0714. The highest BCUT2D eigenvalue weighted by molar-refractivity contribution is 6.31. The van der Waals surface area contributed by atoms with Crippen LogP contribution < -0.4 is 10.5 Å². The minimum Gasteiger partial charge on any atom is -0.486 e. The lowest BCUT2D eigenvalue weighted by molar-refractivity contribution is 0.289. The molecule has 0 saturated heterocycles. The number of benzene rings is 2. The van der Waals surface area contributed by atoms with Gasteiger partial charge in [0, 0.05) is 22.2 Å². The van der Waals surface area contributed by atoms with E-state index in [9.17, 15) is 8.78 Å². The van der Waals surface area contributed by atoms with Gasteiger partial charge >= 0.3 is 0 Å². The minimum absolute atomic E-state index is 0.00214. The number of hydrogen-bond donors (Lipinski definition) is 2. The number of nitrogens with two attached hydrogens (primary N) is 1. The molecule has 0 fully saturated rings. The summed E-state index contributed by atoms with van der Waals surface area (Å²) >= 11 is 6.04. The van der Waals surface area contributed by atoms with Crippen LogP contribution in [0.4, 0.5) is 8.78 Å². The van der Waals surface area contributed by atoms with E-state index in [1.165, 1.54) is 12.1 Å². The normalized spacial score (nSPS) is 11.5. The Morgan fingerprint density at radius 1 is 1.24 bits per heavy atom. The first-order valence-corrected chi connectivity index (χ1v) is 6.23. The fourth-order valence-electron chi connectivity index (χ4n) is 1.63. The van der Waals surface area contributed by atoms with Crippen LogP contribution in [0.1, 0.15) is 11.1 Å². The number of oxime groups is 1. The van der Waals surface area contributed by atoms with Gasteiger partial charge in [-0.1, -0.05) is 28.9 Å². The molecule has 7 heteroatoms. The third kappa shape index (κ3) is 3.61. The summed E-state index contributed by atoms with van der Waals surface area (Å²) in [7, 11) is 0. The van der Waals surface area contributed by atoms with Gasteiger partial charge in [0.25, 0.3) is 0 Å². The fourth-order valence-corrected chi connectivity index (χ4v) is 1.86. The molecule has 0 atom stereocenters. The van der Waals surface area contributed by atoms with Crippen LogP contribution in [0.2, 0.25) is 5.02 Å². The zero-order chi connectivity index (χ0) is 15.4. The summed E-state index contributed by atoms with van der Waals surface area (Å²) in [5.41, 5.74) is 6.46. The Bertz CT molecular complexity index is 693. The van der Waals surface area contributed by atoms with Crippen molar-refractivity contribution in [3.63, 3.8) is 0 Å². The summed E-state index contributed by atoms with van der Waals surface area (Å²) < 4.78 is 31.4. The van der Waals surface area contributed by atoms with Gasteiger partial charge in [-0.05, 0) is 18.2 Å². The van der Waals surface area contributed by atoms with Gasteiger partial charge in [0.05, 0.1) is 0 Å². The molecule has 2 aromatic rings. The van der Waals surface area contributed by atoms with E-state index in [-0.39, 0.29) is 18.2 Å². The van der Waals surface area contributed by atoms with E-state index in [0.29, 0.717) is 16.1 Å². The van der Waals surface area contributed by atoms with Gasteiger partial charge in [-0.25, -0.2) is 8.78 Å². The predicted octanol–water partition coefficient (Wildman–Crippen LogP) is 3.29. The topological polar surface area (TPSA) is 67.8 Å². The first-order valence-electron chi connectivity index (χ1n) is 5.85. The standard InChI is InChI=1S/C14H11ClF2N2O2/c15-11-5-8(14(18)19-20)1-2-9(11)7-21-13-4-3-10(16)6-12(13)17/h1-6,20H,7H2,(H2,18,19). The van der Waals surface area contributed by atoms with Crippen molar-refractivity contribution < 1.29 is 18.7 Å². The van der Waals surface area contributed by atoms with Crippen molar-refractivity contribution in [2.24, 2.45) is 10.9 Å². The molecule has 21 heavy (non-hydrogen) atoms. The van der Waals surface area contributed by atoms with Crippen LogP contribution in [-0.4, -0.2) is 11.0 Å². The van der Waals surface area contributed by atoms with Crippen LogP contribution >= 0.6 is 11.6 Å². The SMILES string of the molecule is N/C(=N/O)c1ccc(COc2ccc(F)cc2F)c(Cl)c1. The maximum absolute atomic E-state index is 13.4. The Kier molecular flexibility index (Phi) is 4.59. The molecule has 0 saturated carbocycles. The van der Waals surface area contributed by atoms with Gasteiger partial charge in [0.1, 0.15) is 12.4 Å². The van der Waals surface area contributed by atoms with E-state index in [2.05, 4.69) is 5.16 Å². The van der Waals surface area contributed by atoms with Crippen molar-refractivity contribution in [3.8, 4) is 5.75 Å². The molecule has 4 nitrogen and oxygen atoms in total. The average molecular weight is 313 g/mol. The third-order valence-electron chi connectivity index (χ3n) is 2.73. The van der Waals surface area contributed by atoms with Crippen molar-refractivity contribution >= 4 is 17.4 Å². The van der Waals surface area contributed by atoms with Crippen LogP contribution in [0.3, 0.4) is 0 Å². The zero-order valence-corrected chi connectivity index (χ0v) is 11.4. The highest BCUT2D eigenvalue weighted by Gasteiger charge is 2.08. The minimum atomic E-state index is -0.792. The molecule has 0 amide bonds. The van der Waals surface area contributed by atoms with Crippen LogP contribution in [-0.2, 0) is 6.61 Å². The number of ether oxygens (including phenoxy) is 1. The Labute approximate surface area is 124 Å². The predicted molar refractivity (Wildman–Crippen MR) is 74.7 cm³/mol. The van der Waals surface area contributed by atoms with Crippen LogP contribution in [0.15, 0.2) is 41.6 Å². The van der Waals surface area contributed by atoms with E-state index < -0.39 is 11.6 Å². The molecule has 2 aromatic carbocycles. The van der Waals surface area contributed by atoms with E-state index in [1.54, 1.807) is 12.1 Å². The molecule has 0 radical (unpaired) electrons. The summed E-state index contributed by atoms with van der Waals surface area (Å²) in [5, 5.41) is 11.8. The molecular weight excluding hydrogens is 302 g/mol. The lowest BCUT2D eigenvalue weighted by Gasteiger charge is -2.09. The van der Waals surface area contributed by atoms with Crippen molar-refractivity contribution in [3.05, 3.63) is 64.2 Å². The quantitative estimate of drug-likeness (QED) is 0.394. The Hall–Kier alpha value is -2.34. The van der Waals surface area contributed by atoms with Crippen molar-refractivity contribution in [2.45, 2.75) is 6.61 Å². The third-order valence-corrected chi connectivity index (χ3v) is 3.09. The number of amidine groups is 1. The largest absolute Gasteiger partial charge is 0.486 e. The molecule has 0 aliphatic rings. The van der Waals surface area contributed by atoms with Crippen molar-refractivity contribution in [2.75, 3.05) is 0 Å². The Balaban J connectivity index is 2.13. The summed E-state index contributed by atoms with van der Waals surface area (Å²) in [6, 6.07) is 7.72. The Morgan fingerprint density at radius 3 is 2.62 bits per heavy atom. The molecule has 110 valence electrons. The molecule has 0 aliphatic carbocycles. The monoisotopic (exact) mass is 312 g/mol. The number of halogens is 3. The number of rotatable bonds is 4. The van der Waals surface area contributed by atoms with Gasteiger partial charge in [-0.2, -0.15) is 0 Å². The van der Waals surface area contributed by atoms with Crippen molar-refractivity contribution in [1.82, 2.24) is 0 Å². The summed E-state index contributed by atoms with van der Waals surface area (Å²) in [6.07, 6.45) is 0. The van der Waals surface area contributed by atoms with Gasteiger partial charge in [0.15, 0.2) is 17.4 Å². The van der Waals surface area contributed by atoms with Crippen molar-refractivity contribution in [1.29, 1.82) is 0 Å². The van der Waals surface area contributed by atoms with Gasteiger partial charge in [-0.3, -0.25) is 0 Å². The van der Waals surface area contributed by atoms with E-state index >= 15 is 0 Å².